The molecule has 2 aromatic rings. The molecule has 0 spiro atoms. The van der Waals surface area contributed by atoms with Crippen LogP contribution in [0.15, 0.2) is 24.3 Å². The summed E-state index contributed by atoms with van der Waals surface area (Å²) in [6.07, 6.45) is 3.58. The molecule has 1 saturated carbocycles. The average molecular weight is 312 g/mol. The molecule has 0 amide bonds. The highest BCUT2D eigenvalue weighted by molar-refractivity contribution is 5.25. The van der Waals surface area contributed by atoms with Gasteiger partial charge in [-0.15, -0.1) is 0 Å². The van der Waals surface area contributed by atoms with Crippen LogP contribution in [-0.4, -0.2) is 14.8 Å². The molecule has 4 nitrogen and oxygen atoms in total. The van der Waals surface area contributed by atoms with Crippen molar-refractivity contribution in [3.05, 3.63) is 47.0 Å². The highest BCUT2D eigenvalue weighted by atomic mass is 15.3. The zero-order valence-corrected chi connectivity index (χ0v) is 14.7. The molecule has 1 aromatic carbocycles. The first-order chi connectivity index (χ1) is 11.1. The van der Waals surface area contributed by atoms with E-state index in [0.29, 0.717) is 17.9 Å². The fourth-order valence-electron chi connectivity index (χ4n) is 3.01. The third-order valence-electron chi connectivity index (χ3n) is 4.71. The van der Waals surface area contributed by atoms with Gasteiger partial charge in [-0.05, 0) is 36.3 Å². The lowest BCUT2D eigenvalue weighted by Gasteiger charge is -2.23. The van der Waals surface area contributed by atoms with Crippen LogP contribution < -0.4 is 5.32 Å². The van der Waals surface area contributed by atoms with Crippen molar-refractivity contribution in [2.75, 3.05) is 0 Å². The molecule has 1 heterocycles. The maximum absolute atomic E-state index is 4.71. The molecule has 0 aliphatic heterocycles. The van der Waals surface area contributed by atoms with Crippen LogP contribution in [0.1, 0.15) is 68.3 Å². The summed E-state index contributed by atoms with van der Waals surface area (Å²) in [7, 11) is 2.00. The van der Waals surface area contributed by atoms with Crippen LogP contribution in [0.5, 0.6) is 0 Å². The van der Waals surface area contributed by atoms with E-state index in [1.54, 1.807) is 0 Å². The number of aryl methyl sites for hydroxylation is 2. The van der Waals surface area contributed by atoms with Gasteiger partial charge < -0.3 is 5.32 Å². The number of aromatic nitrogens is 3. The van der Waals surface area contributed by atoms with E-state index in [1.165, 1.54) is 24.0 Å². The van der Waals surface area contributed by atoms with Gasteiger partial charge in [0, 0.05) is 19.0 Å². The van der Waals surface area contributed by atoms with Crippen molar-refractivity contribution >= 4 is 0 Å². The second kappa shape index (κ2) is 6.83. The Balaban J connectivity index is 1.69. The molecule has 1 aromatic heterocycles. The fraction of sp³-hybridized carbons (Fsp3) is 0.579. The molecule has 3 rings (SSSR count). The summed E-state index contributed by atoms with van der Waals surface area (Å²) in [4.78, 5) is 4.71. The quantitative estimate of drug-likeness (QED) is 0.847. The predicted octanol–water partition coefficient (Wildman–Crippen LogP) is 3.74. The van der Waals surface area contributed by atoms with Crippen LogP contribution >= 0.6 is 0 Å². The summed E-state index contributed by atoms with van der Waals surface area (Å²) >= 11 is 0. The predicted molar refractivity (Wildman–Crippen MR) is 93.2 cm³/mol. The molecule has 1 unspecified atom stereocenters. The normalized spacial score (nSPS) is 16.0. The Morgan fingerprint density at radius 3 is 2.48 bits per heavy atom. The van der Waals surface area contributed by atoms with Gasteiger partial charge in [-0.2, -0.15) is 5.10 Å². The largest absolute Gasteiger partial charge is 0.303 e. The fourth-order valence-corrected chi connectivity index (χ4v) is 3.01. The van der Waals surface area contributed by atoms with Crippen LogP contribution in [0.25, 0.3) is 0 Å². The van der Waals surface area contributed by atoms with Crippen molar-refractivity contribution in [2.24, 2.45) is 13.0 Å². The van der Waals surface area contributed by atoms with E-state index in [0.717, 1.165) is 24.6 Å². The van der Waals surface area contributed by atoms with Gasteiger partial charge >= 0.3 is 0 Å². The maximum Gasteiger partial charge on any atom is 0.154 e. The lowest BCUT2D eigenvalue weighted by molar-refractivity contribution is 0.402. The Bertz CT molecular complexity index is 638. The standard InChI is InChI=1S/C19H28N4/c1-5-14-6-8-15(9-7-14)18(13(2)3)20-12-17-21-19(16-10-11-16)22-23(17)4/h6-9,13,16,18,20H,5,10-12H2,1-4H3. The summed E-state index contributed by atoms with van der Waals surface area (Å²) in [6.45, 7) is 7.47. The number of benzene rings is 1. The van der Waals surface area contributed by atoms with E-state index >= 15 is 0 Å². The molecular weight excluding hydrogens is 284 g/mol. The summed E-state index contributed by atoms with van der Waals surface area (Å²) in [5.74, 6) is 3.19. The molecule has 1 fully saturated rings. The van der Waals surface area contributed by atoms with Gasteiger partial charge in [-0.1, -0.05) is 45.0 Å². The van der Waals surface area contributed by atoms with Crippen molar-refractivity contribution in [1.82, 2.24) is 20.1 Å². The van der Waals surface area contributed by atoms with Gasteiger partial charge in [-0.3, -0.25) is 4.68 Å². The van der Waals surface area contributed by atoms with Crippen molar-refractivity contribution in [1.29, 1.82) is 0 Å². The van der Waals surface area contributed by atoms with Crippen molar-refractivity contribution in [3.63, 3.8) is 0 Å². The van der Waals surface area contributed by atoms with Crippen molar-refractivity contribution in [3.8, 4) is 0 Å². The highest BCUT2D eigenvalue weighted by Crippen LogP contribution is 2.38. The number of rotatable bonds is 7. The van der Waals surface area contributed by atoms with Gasteiger partial charge in [0.2, 0.25) is 0 Å². The van der Waals surface area contributed by atoms with Crippen LogP contribution in [0, 0.1) is 5.92 Å². The Morgan fingerprint density at radius 1 is 1.22 bits per heavy atom. The van der Waals surface area contributed by atoms with Gasteiger partial charge in [0.1, 0.15) is 5.82 Å². The third kappa shape index (κ3) is 3.81. The first kappa shape index (κ1) is 16.2. The van der Waals surface area contributed by atoms with Crippen LogP contribution in [0.3, 0.4) is 0 Å². The smallest absolute Gasteiger partial charge is 0.154 e. The van der Waals surface area contributed by atoms with E-state index in [4.69, 9.17) is 4.98 Å². The van der Waals surface area contributed by atoms with Gasteiger partial charge in [-0.25, -0.2) is 4.98 Å². The zero-order valence-electron chi connectivity index (χ0n) is 14.7. The molecule has 1 atom stereocenters. The van der Waals surface area contributed by atoms with E-state index in [9.17, 15) is 0 Å². The van der Waals surface area contributed by atoms with E-state index in [2.05, 4.69) is 55.5 Å². The van der Waals surface area contributed by atoms with Gasteiger partial charge in [0.25, 0.3) is 0 Å². The summed E-state index contributed by atoms with van der Waals surface area (Å²) in [6, 6.07) is 9.31. The Hall–Kier alpha value is -1.68. The van der Waals surface area contributed by atoms with Gasteiger partial charge in [0.05, 0.1) is 6.54 Å². The highest BCUT2D eigenvalue weighted by Gasteiger charge is 2.28. The Kier molecular flexibility index (Phi) is 4.81. The van der Waals surface area contributed by atoms with Crippen LogP contribution in [-0.2, 0) is 20.0 Å². The first-order valence-corrected chi connectivity index (χ1v) is 8.80. The molecule has 1 N–H and O–H groups in total. The number of nitrogens with one attached hydrogen (secondary N) is 1. The Labute approximate surface area is 139 Å². The van der Waals surface area contributed by atoms with Crippen molar-refractivity contribution < 1.29 is 0 Å². The number of nitrogens with zero attached hydrogens (tertiary/aromatic N) is 3. The number of hydrogen-bond donors (Lipinski definition) is 1. The molecule has 0 saturated heterocycles. The second-order valence-corrected chi connectivity index (χ2v) is 6.98. The lowest BCUT2D eigenvalue weighted by Crippen LogP contribution is -2.26. The summed E-state index contributed by atoms with van der Waals surface area (Å²) in [5, 5.41) is 8.24. The topological polar surface area (TPSA) is 42.7 Å². The minimum atomic E-state index is 0.335. The summed E-state index contributed by atoms with van der Waals surface area (Å²) in [5.41, 5.74) is 2.74. The van der Waals surface area contributed by atoms with Crippen LogP contribution in [0.2, 0.25) is 0 Å². The molecule has 0 radical (unpaired) electrons. The minimum Gasteiger partial charge on any atom is -0.303 e. The summed E-state index contributed by atoms with van der Waals surface area (Å²) < 4.78 is 1.93. The molecule has 124 valence electrons. The average Bonchev–Trinajstić information content (AvgIpc) is 3.32. The lowest BCUT2D eigenvalue weighted by atomic mass is 9.95. The molecule has 1 aliphatic carbocycles. The Morgan fingerprint density at radius 2 is 1.91 bits per heavy atom. The molecule has 4 heteroatoms. The minimum absolute atomic E-state index is 0.335. The third-order valence-corrected chi connectivity index (χ3v) is 4.71. The molecule has 0 bridgehead atoms. The van der Waals surface area contributed by atoms with Crippen LogP contribution in [0.4, 0.5) is 0 Å². The second-order valence-electron chi connectivity index (χ2n) is 6.98. The molecule has 23 heavy (non-hydrogen) atoms. The van der Waals surface area contributed by atoms with Gasteiger partial charge in [0.15, 0.2) is 5.82 Å². The first-order valence-electron chi connectivity index (χ1n) is 8.80. The SMILES string of the molecule is CCc1ccc(C(NCc2nc(C3CC3)nn2C)C(C)C)cc1. The molecular formula is C19H28N4. The maximum atomic E-state index is 4.71. The zero-order chi connectivity index (χ0) is 16.4. The van der Waals surface area contributed by atoms with E-state index in [-0.39, 0.29) is 0 Å². The van der Waals surface area contributed by atoms with Crippen molar-refractivity contribution in [2.45, 2.75) is 58.5 Å². The number of hydrogen-bond acceptors (Lipinski definition) is 3. The monoisotopic (exact) mass is 312 g/mol. The van der Waals surface area contributed by atoms with E-state index in [1.807, 2.05) is 11.7 Å². The molecule has 1 aliphatic rings. The van der Waals surface area contributed by atoms with E-state index < -0.39 is 0 Å².